The van der Waals surface area contributed by atoms with Gasteiger partial charge in [-0.3, -0.25) is 14.2 Å². The van der Waals surface area contributed by atoms with Gasteiger partial charge in [-0.2, -0.15) is 10.1 Å². The minimum atomic E-state index is -0.682. The first-order valence-corrected chi connectivity index (χ1v) is 12.4. The molecule has 36 heavy (non-hydrogen) atoms. The van der Waals surface area contributed by atoms with Crippen LogP contribution in [0.2, 0.25) is 0 Å². The normalized spacial score (nSPS) is 19.8. The number of esters is 1. The third kappa shape index (κ3) is 4.01. The Balaban J connectivity index is 1.62. The maximum absolute atomic E-state index is 13.7. The smallest absolute Gasteiger partial charge is 0.338 e. The van der Waals surface area contributed by atoms with Crippen LogP contribution in [-0.4, -0.2) is 28.8 Å². The van der Waals surface area contributed by atoms with E-state index in [9.17, 15) is 14.4 Å². The van der Waals surface area contributed by atoms with Gasteiger partial charge in [0.05, 0.1) is 39.9 Å². The number of fused-ring (bicyclic) bond motifs is 1. The van der Waals surface area contributed by atoms with Crippen LogP contribution in [0.3, 0.4) is 0 Å². The first-order chi connectivity index (χ1) is 17.4. The number of thiazole rings is 1. The predicted molar refractivity (Wildman–Crippen MR) is 138 cm³/mol. The molecule has 0 N–H and O–H groups in total. The third-order valence-corrected chi connectivity index (χ3v) is 7.13. The monoisotopic (exact) mass is 500 g/mol. The van der Waals surface area contributed by atoms with Crippen LogP contribution in [0.25, 0.3) is 6.08 Å². The fraction of sp³-hybridized carbons (Fsp3) is 0.222. The summed E-state index contributed by atoms with van der Waals surface area (Å²) in [6.07, 6.45) is 1.65. The van der Waals surface area contributed by atoms with Crippen LogP contribution in [0.5, 0.6) is 0 Å². The lowest BCUT2D eigenvalue weighted by Gasteiger charge is -2.24. The fourth-order valence-corrected chi connectivity index (χ4v) is 5.49. The molecule has 2 atom stereocenters. The first kappa shape index (κ1) is 23.6. The highest BCUT2D eigenvalue weighted by molar-refractivity contribution is 7.07. The summed E-state index contributed by atoms with van der Waals surface area (Å²) in [4.78, 5) is 44.9. The molecule has 0 spiro atoms. The summed E-state index contributed by atoms with van der Waals surface area (Å²) in [7, 11) is 0. The quantitative estimate of drug-likeness (QED) is 0.504. The average molecular weight is 501 g/mol. The van der Waals surface area contributed by atoms with E-state index in [0.717, 1.165) is 5.56 Å². The topological polar surface area (TPSA) is 93.3 Å². The number of benzene rings is 2. The SMILES string of the molecule is CCOC(=O)C1=C(C)N=c2s/c(=C/[C@H]3C(=O)N(c4ccccc4)N=C3C)c(=O)n2[C@H]1c1ccccc1. The molecule has 2 aliphatic rings. The van der Waals surface area contributed by atoms with Crippen LogP contribution in [-0.2, 0) is 14.3 Å². The largest absolute Gasteiger partial charge is 0.463 e. The van der Waals surface area contributed by atoms with Crippen molar-refractivity contribution >= 4 is 40.7 Å². The zero-order chi connectivity index (χ0) is 25.4. The molecular formula is C27H24N4O4S. The zero-order valence-corrected chi connectivity index (χ0v) is 20.9. The van der Waals surface area contributed by atoms with E-state index in [0.29, 0.717) is 32.0 Å². The number of allylic oxidation sites excluding steroid dienone is 1. The van der Waals surface area contributed by atoms with Crippen molar-refractivity contribution in [1.82, 2.24) is 4.57 Å². The molecule has 182 valence electrons. The Hall–Kier alpha value is -4.11. The molecule has 0 aliphatic carbocycles. The molecule has 2 aliphatic heterocycles. The number of nitrogens with zero attached hydrogens (tertiary/aromatic N) is 4. The molecule has 3 aromatic rings. The molecule has 0 saturated carbocycles. The van der Waals surface area contributed by atoms with E-state index >= 15 is 0 Å². The average Bonchev–Trinajstić information content (AvgIpc) is 3.34. The molecule has 1 aromatic heterocycles. The number of amides is 1. The van der Waals surface area contributed by atoms with Crippen molar-refractivity contribution in [3.8, 4) is 0 Å². The molecule has 0 unspecified atom stereocenters. The number of anilines is 1. The minimum Gasteiger partial charge on any atom is -0.463 e. The second-order valence-corrected chi connectivity index (χ2v) is 9.45. The molecule has 5 rings (SSSR count). The molecule has 8 nitrogen and oxygen atoms in total. The number of para-hydroxylation sites is 1. The Morgan fingerprint density at radius 1 is 1.06 bits per heavy atom. The van der Waals surface area contributed by atoms with E-state index in [2.05, 4.69) is 10.1 Å². The van der Waals surface area contributed by atoms with Gasteiger partial charge in [0.2, 0.25) is 0 Å². The Morgan fingerprint density at radius 2 is 1.72 bits per heavy atom. The van der Waals surface area contributed by atoms with Gasteiger partial charge < -0.3 is 4.74 Å². The highest BCUT2D eigenvalue weighted by Gasteiger charge is 2.35. The summed E-state index contributed by atoms with van der Waals surface area (Å²) in [5, 5.41) is 5.80. The summed E-state index contributed by atoms with van der Waals surface area (Å²) in [6.45, 7) is 5.47. The highest BCUT2D eigenvalue weighted by atomic mass is 32.1. The molecule has 0 saturated heterocycles. The van der Waals surface area contributed by atoms with Crippen molar-refractivity contribution in [2.24, 2.45) is 16.0 Å². The van der Waals surface area contributed by atoms with Gasteiger partial charge in [-0.15, -0.1) is 0 Å². The molecule has 0 fully saturated rings. The number of ether oxygens (including phenoxy) is 1. The molecule has 0 radical (unpaired) electrons. The lowest BCUT2D eigenvalue weighted by Crippen LogP contribution is -2.40. The van der Waals surface area contributed by atoms with Gasteiger partial charge in [-0.25, -0.2) is 9.79 Å². The Morgan fingerprint density at radius 3 is 2.39 bits per heavy atom. The van der Waals surface area contributed by atoms with Crippen LogP contribution in [0, 0.1) is 5.92 Å². The summed E-state index contributed by atoms with van der Waals surface area (Å²) in [6, 6.07) is 17.8. The van der Waals surface area contributed by atoms with Gasteiger partial charge in [-0.05, 0) is 44.5 Å². The van der Waals surface area contributed by atoms with Crippen molar-refractivity contribution in [1.29, 1.82) is 0 Å². The lowest BCUT2D eigenvalue weighted by molar-refractivity contribution is -0.139. The van der Waals surface area contributed by atoms with Gasteiger partial charge in [-0.1, -0.05) is 59.9 Å². The van der Waals surface area contributed by atoms with Crippen LogP contribution in [0.4, 0.5) is 5.69 Å². The van der Waals surface area contributed by atoms with Crippen LogP contribution in [0.15, 0.2) is 86.8 Å². The minimum absolute atomic E-state index is 0.210. The molecule has 3 heterocycles. The van der Waals surface area contributed by atoms with Crippen LogP contribution in [0.1, 0.15) is 32.4 Å². The van der Waals surface area contributed by atoms with Crippen molar-refractivity contribution in [2.75, 3.05) is 11.6 Å². The number of carbonyl (C=O) groups is 2. The van der Waals surface area contributed by atoms with Crippen molar-refractivity contribution in [2.45, 2.75) is 26.8 Å². The van der Waals surface area contributed by atoms with Gasteiger partial charge in [0, 0.05) is 0 Å². The van der Waals surface area contributed by atoms with Gasteiger partial charge >= 0.3 is 5.97 Å². The number of aromatic nitrogens is 1. The molecule has 9 heteroatoms. The van der Waals surface area contributed by atoms with E-state index < -0.39 is 17.9 Å². The maximum atomic E-state index is 13.7. The van der Waals surface area contributed by atoms with Crippen LogP contribution < -0.4 is 19.9 Å². The van der Waals surface area contributed by atoms with E-state index in [1.807, 2.05) is 60.7 Å². The van der Waals surface area contributed by atoms with Crippen LogP contribution >= 0.6 is 11.3 Å². The lowest BCUT2D eigenvalue weighted by atomic mass is 9.96. The summed E-state index contributed by atoms with van der Waals surface area (Å²) in [5.74, 6) is -1.41. The summed E-state index contributed by atoms with van der Waals surface area (Å²) in [5.41, 5.74) is 2.54. The molecule has 0 bridgehead atoms. The standard InChI is InChI=1S/C27H24N4O4S/c1-4-35-26(34)22-17(3)28-27-30(23(22)18-11-7-5-8-12-18)25(33)21(36-27)15-20-16(2)29-31(24(20)32)19-13-9-6-10-14-19/h5-15,20,23H,4H2,1-3H3/b21-15+/t20-,23+/m1/s1. The molecule has 2 aromatic carbocycles. The second kappa shape index (κ2) is 9.50. The molecule has 1 amide bonds. The van der Waals surface area contributed by atoms with E-state index in [1.54, 1.807) is 26.8 Å². The van der Waals surface area contributed by atoms with Gasteiger partial charge in [0.15, 0.2) is 4.80 Å². The summed E-state index contributed by atoms with van der Waals surface area (Å²) >= 11 is 1.20. The second-order valence-electron chi connectivity index (χ2n) is 8.44. The summed E-state index contributed by atoms with van der Waals surface area (Å²) < 4.78 is 7.20. The first-order valence-electron chi connectivity index (χ1n) is 11.6. The van der Waals surface area contributed by atoms with Crippen molar-refractivity contribution in [3.63, 3.8) is 0 Å². The van der Waals surface area contributed by atoms with Crippen molar-refractivity contribution in [3.05, 3.63) is 97.2 Å². The number of carbonyl (C=O) groups excluding carboxylic acids is 2. The highest BCUT2D eigenvalue weighted by Crippen LogP contribution is 2.30. The predicted octanol–water partition coefficient (Wildman–Crippen LogP) is 2.79. The number of rotatable bonds is 5. The maximum Gasteiger partial charge on any atom is 0.338 e. The Bertz CT molecular complexity index is 1590. The fourth-order valence-electron chi connectivity index (χ4n) is 4.43. The van der Waals surface area contributed by atoms with E-state index in [1.165, 1.54) is 20.9 Å². The number of hydrazone groups is 1. The number of hydrogen-bond donors (Lipinski definition) is 0. The van der Waals surface area contributed by atoms with Crippen molar-refractivity contribution < 1.29 is 14.3 Å². The molecular weight excluding hydrogens is 476 g/mol. The Labute approximate surface area is 211 Å². The van der Waals surface area contributed by atoms with Gasteiger partial charge in [0.25, 0.3) is 11.5 Å². The van der Waals surface area contributed by atoms with Gasteiger partial charge in [0.1, 0.15) is 5.92 Å². The zero-order valence-electron chi connectivity index (χ0n) is 20.0. The third-order valence-electron chi connectivity index (χ3n) is 6.13. The Kier molecular flexibility index (Phi) is 6.24. The van der Waals surface area contributed by atoms with E-state index in [-0.39, 0.29) is 18.1 Å². The number of hydrogen-bond acceptors (Lipinski definition) is 7. The van der Waals surface area contributed by atoms with E-state index in [4.69, 9.17) is 4.74 Å².